The van der Waals surface area contributed by atoms with Crippen LogP contribution in [0.25, 0.3) is 0 Å². The Morgan fingerprint density at radius 3 is 1.95 bits per heavy atom. The maximum absolute atomic E-state index is 14.5. The van der Waals surface area contributed by atoms with Gasteiger partial charge in [0.15, 0.2) is 0 Å². The van der Waals surface area contributed by atoms with E-state index in [9.17, 15) is 26.3 Å². The molecule has 4 nitrogen and oxygen atoms in total. The lowest BCUT2D eigenvalue weighted by Gasteiger charge is -2.53. The van der Waals surface area contributed by atoms with Crippen molar-refractivity contribution in [1.29, 1.82) is 0 Å². The number of halogens is 6. The minimum atomic E-state index is -4.79. The van der Waals surface area contributed by atoms with Crippen LogP contribution in [0.3, 0.4) is 0 Å². The molecule has 0 radical (unpaired) electrons. The Hall–Kier alpha value is -2.30. The van der Waals surface area contributed by atoms with Crippen molar-refractivity contribution in [2.45, 2.75) is 75.2 Å². The van der Waals surface area contributed by atoms with Crippen molar-refractivity contribution < 1.29 is 31.1 Å². The number of nitrogens with one attached hydrogen (secondary N) is 1. The van der Waals surface area contributed by atoms with Crippen molar-refractivity contribution in [3.63, 3.8) is 0 Å². The zero-order valence-electron chi connectivity index (χ0n) is 21.4. The largest absolute Gasteiger partial charge is 0.497 e. The molecular formula is C28H35F6N3O. The van der Waals surface area contributed by atoms with E-state index in [1.807, 2.05) is 30.3 Å². The van der Waals surface area contributed by atoms with Gasteiger partial charge in [-0.05, 0) is 36.1 Å². The van der Waals surface area contributed by atoms with Gasteiger partial charge in [0.1, 0.15) is 17.8 Å². The Morgan fingerprint density at radius 1 is 0.842 bits per heavy atom. The Kier molecular flexibility index (Phi) is 9.26. The van der Waals surface area contributed by atoms with Gasteiger partial charge in [-0.15, -0.1) is 0 Å². The van der Waals surface area contributed by atoms with Gasteiger partial charge in [-0.2, -0.15) is 26.3 Å². The van der Waals surface area contributed by atoms with Crippen LogP contribution in [0, 0.1) is 0 Å². The molecule has 2 fully saturated rings. The molecule has 1 heterocycles. The van der Waals surface area contributed by atoms with E-state index in [0.29, 0.717) is 43.5 Å². The first-order chi connectivity index (χ1) is 18.1. The maximum atomic E-state index is 14.5. The molecule has 1 aliphatic heterocycles. The summed E-state index contributed by atoms with van der Waals surface area (Å²) in [4.78, 5) is 2.13. The Balaban J connectivity index is 1.65. The van der Waals surface area contributed by atoms with Gasteiger partial charge in [0, 0.05) is 38.3 Å². The molecule has 2 aromatic carbocycles. The van der Waals surface area contributed by atoms with Gasteiger partial charge in [-0.25, -0.2) is 0 Å². The molecule has 0 amide bonds. The molecule has 3 unspecified atom stereocenters. The number of rotatable bonds is 8. The quantitative estimate of drug-likeness (QED) is 0.394. The fourth-order valence-electron chi connectivity index (χ4n) is 5.85. The number of piperazine rings is 1. The summed E-state index contributed by atoms with van der Waals surface area (Å²) in [7, 11) is 1.50. The third-order valence-corrected chi connectivity index (χ3v) is 7.74. The van der Waals surface area contributed by atoms with E-state index in [0.717, 1.165) is 16.9 Å². The van der Waals surface area contributed by atoms with Gasteiger partial charge in [0.2, 0.25) is 0 Å². The fourth-order valence-corrected chi connectivity index (χ4v) is 5.85. The first-order valence-corrected chi connectivity index (χ1v) is 13.1. The predicted molar refractivity (Wildman–Crippen MR) is 134 cm³/mol. The van der Waals surface area contributed by atoms with E-state index < -0.39 is 49.6 Å². The van der Waals surface area contributed by atoms with E-state index in [1.54, 1.807) is 24.3 Å². The smallest absolute Gasteiger partial charge is 0.405 e. The topological polar surface area (TPSA) is 27.7 Å². The fraction of sp³-hybridized carbons (Fsp3) is 0.571. The van der Waals surface area contributed by atoms with Crippen LogP contribution in [-0.4, -0.2) is 67.0 Å². The van der Waals surface area contributed by atoms with Crippen molar-refractivity contribution >= 4 is 0 Å². The van der Waals surface area contributed by atoms with Crippen LogP contribution >= 0.6 is 0 Å². The molecular weight excluding hydrogens is 508 g/mol. The molecule has 38 heavy (non-hydrogen) atoms. The number of nitrogens with zero attached hydrogens (tertiary/aromatic N) is 2. The van der Waals surface area contributed by atoms with Crippen LogP contribution in [0.5, 0.6) is 5.75 Å². The zero-order valence-corrected chi connectivity index (χ0v) is 21.4. The molecule has 0 spiro atoms. The van der Waals surface area contributed by atoms with E-state index in [1.165, 1.54) is 12.0 Å². The molecule has 4 rings (SSSR count). The summed E-state index contributed by atoms with van der Waals surface area (Å²) in [5.74, 6) is 0.563. The van der Waals surface area contributed by atoms with Gasteiger partial charge in [0.25, 0.3) is 0 Å². The van der Waals surface area contributed by atoms with Crippen LogP contribution in [0.15, 0.2) is 54.6 Å². The van der Waals surface area contributed by atoms with Crippen LogP contribution < -0.4 is 10.1 Å². The highest BCUT2D eigenvalue weighted by Gasteiger charge is 2.58. The summed E-state index contributed by atoms with van der Waals surface area (Å²) < 4.78 is 91.9. The average molecular weight is 544 g/mol. The summed E-state index contributed by atoms with van der Waals surface area (Å²) in [5.41, 5.74) is 1.61. The lowest BCUT2D eigenvalue weighted by molar-refractivity contribution is -0.266. The van der Waals surface area contributed by atoms with Gasteiger partial charge in [-0.3, -0.25) is 9.80 Å². The van der Waals surface area contributed by atoms with E-state index in [2.05, 4.69) is 5.32 Å². The summed E-state index contributed by atoms with van der Waals surface area (Å²) >= 11 is 0. The molecule has 2 aliphatic rings. The minimum absolute atomic E-state index is 0.194. The van der Waals surface area contributed by atoms with Crippen molar-refractivity contribution in [2.75, 3.05) is 26.7 Å². The molecule has 210 valence electrons. The molecule has 0 bridgehead atoms. The normalized spacial score (nSPS) is 23.3. The Labute approximate surface area is 219 Å². The lowest BCUT2D eigenvalue weighted by atomic mass is 9.89. The van der Waals surface area contributed by atoms with Gasteiger partial charge >= 0.3 is 12.4 Å². The summed E-state index contributed by atoms with van der Waals surface area (Å²) in [6, 6.07) is 10.5. The van der Waals surface area contributed by atoms with E-state index >= 15 is 0 Å². The average Bonchev–Trinajstić information content (AvgIpc) is 2.91. The standard InChI is InChI=1S/C28H35F6N3O/c1-38-23-14-12-21(13-15-23)24(17-35-16-20-8-4-2-5-9-20)36-18-25(27(29,30)31)37(22-10-6-3-7-11-22)26(19-36)28(32,33)34/h2,4-5,8-9,12-15,22,24-26,35H,3,6-7,10-11,16-19H2,1H3. The zero-order chi connectivity index (χ0) is 27.3. The monoisotopic (exact) mass is 543 g/mol. The van der Waals surface area contributed by atoms with Crippen molar-refractivity contribution in [2.24, 2.45) is 0 Å². The third kappa shape index (κ3) is 7.01. The first kappa shape index (κ1) is 28.7. The molecule has 10 heteroatoms. The highest BCUT2D eigenvalue weighted by atomic mass is 19.4. The van der Waals surface area contributed by atoms with E-state index in [4.69, 9.17) is 4.74 Å². The molecule has 2 aromatic rings. The van der Waals surface area contributed by atoms with Gasteiger partial charge in [-0.1, -0.05) is 61.7 Å². The molecule has 0 aromatic heterocycles. The lowest BCUT2D eigenvalue weighted by Crippen LogP contribution is -2.70. The second-order valence-electron chi connectivity index (χ2n) is 10.2. The van der Waals surface area contributed by atoms with E-state index in [-0.39, 0.29) is 6.54 Å². The molecule has 1 N–H and O–H groups in total. The summed E-state index contributed by atoms with van der Waals surface area (Å²) in [6.45, 7) is -0.396. The number of hydrogen-bond acceptors (Lipinski definition) is 4. The number of hydrogen-bond donors (Lipinski definition) is 1. The third-order valence-electron chi connectivity index (χ3n) is 7.74. The number of ether oxygens (including phenoxy) is 1. The van der Waals surface area contributed by atoms with Crippen molar-refractivity contribution in [3.05, 3.63) is 65.7 Å². The highest BCUT2D eigenvalue weighted by Crippen LogP contribution is 2.42. The number of methoxy groups -OCH3 is 1. The predicted octanol–water partition coefficient (Wildman–Crippen LogP) is 6.34. The molecule has 1 saturated heterocycles. The minimum Gasteiger partial charge on any atom is -0.497 e. The first-order valence-electron chi connectivity index (χ1n) is 13.1. The number of benzene rings is 2. The molecule has 1 saturated carbocycles. The Bertz CT molecular complexity index is 968. The second kappa shape index (κ2) is 12.3. The van der Waals surface area contributed by atoms with Crippen LogP contribution in [0.1, 0.15) is 49.3 Å². The molecule has 3 atom stereocenters. The maximum Gasteiger partial charge on any atom is 0.405 e. The van der Waals surface area contributed by atoms with Crippen LogP contribution in [0.2, 0.25) is 0 Å². The summed E-state index contributed by atoms with van der Waals surface area (Å²) in [6.07, 6.45) is -6.71. The summed E-state index contributed by atoms with van der Waals surface area (Å²) in [5, 5.41) is 3.26. The van der Waals surface area contributed by atoms with Crippen LogP contribution in [-0.2, 0) is 6.54 Å². The SMILES string of the molecule is COc1ccc(C(CNCc2ccccc2)N2CC(C(F)(F)F)N(C3CCCCC3)C(C(F)(F)F)C2)cc1. The van der Waals surface area contributed by atoms with Crippen LogP contribution in [0.4, 0.5) is 26.3 Å². The van der Waals surface area contributed by atoms with Crippen molar-refractivity contribution in [1.82, 2.24) is 15.1 Å². The number of alkyl halides is 6. The highest BCUT2D eigenvalue weighted by molar-refractivity contribution is 5.30. The van der Waals surface area contributed by atoms with Gasteiger partial charge in [0.05, 0.1) is 7.11 Å². The second-order valence-corrected chi connectivity index (χ2v) is 10.2. The molecule has 1 aliphatic carbocycles. The van der Waals surface area contributed by atoms with Crippen molar-refractivity contribution in [3.8, 4) is 5.75 Å². The Morgan fingerprint density at radius 2 is 1.42 bits per heavy atom. The van der Waals surface area contributed by atoms with Gasteiger partial charge < -0.3 is 10.1 Å².